The summed E-state index contributed by atoms with van der Waals surface area (Å²) in [7, 11) is 0. The second-order valence-corrected chi connectivity index (χ2v) is 6.18. The average Bonchev–Trinajstić information content (AvgIpc) is 2.52. The highest BCUT2D eigenvalue weighted by atomic mass is 16.4. The third-order valence-electron chi connectivity index (χ3n) is 4.50. The molecule has 1 saturated carbocycles. The monoisotopic (exact) mass is 297 g/mol. The largest absolute Gasteiger partial charge is 0.409 e. The molecule has 1 aliphatic carbocycles. The average molecular weight is 297 g/mol. The Hall–Kier alpha value is -1.26. The fourth-order valence-corrected chi connectivity index (χ4v) is 3.34. The van der Waals surface area contributed by atoms with Crippen molar-refractivity contribution in [1.29, 1.82) is 0 Å². The number of nitrogens with one attached hydrogen (secondary N) is 1. The van der Waals surface area contributed by atoms with Gasteiger partial charge in [-0.3, -0.25) is 4.79 Å². The molecule has 5 heteroatoms. The lowest BCUT2D eigenvalue weighted by atomic mass is 9.83. The van der Waals surface area contributed by atoms with Gasteiger partial charge in [0.1, 0.15) is 0 Å². The smallest absolute Gasteiger partial charge is 0.223 e. The van der Waals surface area contributed by atoms with Crippen molar-refractivity contribution < 1.29 is 10.0 Å². The molecule has 0 bridgehead atoms. The van der Waals surface area contributed by atoms with Crippen LogP contribution in [0.1, 0.15) is 71.6 Å². The van der Waals surface area contributed by atoms with Gasteiger partial charge >= 0.3 is 0 Å². The van der Waals surface area contributed by atoms with Crippen LogP contribution in [0, 0.1) is 11.8 Å². The molecule has 1 fully saturated rings. The van der Waals surface area contributed by atoms with E-state index in [1.807, 2.05) is 0 Å². The number of nitrogens with zero attached hydrogens (tertiary/aromatic N) is 1. The highest BCUT2D eigenvalue weighted by Gasteiger charge is 2.30. The Morgan fingerprint density at radius 2 is 1.81 bits per heavy atom. The van der Waals surface area contributed by atoms with E-state index in [1.165, 1.54) is 6.42 Å². The van der Waals surface area contributed by atoms with Crippen LogP contribution in [0.2, 0.25) is 0 Å². The Kier molecular flexibility index (Phi) is 8.16. The van der Waals surface area contributed by atoms with Crippen molar-refractivity contribution in [2.75, 3.05) is 0 Å². The Bertz CT molecular complexity index is 332. The summed E-state index contributed by atoms with van der Waals surface area (Å²) < 4.78 is 0. The molecular weight excluding hydrogens is 266 g/mol. The third kappa shape index (κ3) is 5.56. The minimum absolute atomic E-state index is 0.0394. The van der Waals surface area contributed by atoms with Gasteiger partial charge in [0.05, 0.1) is 6.04 Å². The van der Waals surface area contributed by atoms with Crippen LogP contribution in [0.15, 0.2) is 5.16 Å². The molecule has 1 atom stereocenters. The lowest BCUT2D eigenvalue weighted by molar-refractivity contribution is -0.126. The molecule has 122 valence electrons. The molecule has 1 amide bonds. The summed E-state index contributed by atoms with van der Waals surface area (Å²) in [4.78, 5) is 12.5. The van der Waals surface area contributed by atoms with E-state index in [1.54, 1.807) is 0 Å². The van der Waals surface area contributed by atoms with Gasteiger partial charge in [-0.05, 0) is 31.6 Å². The van der Waals surface area contributed by atoms with Gasteiger partial charge in [-0.2, -0.15) is 0 Å². The Balaban J connectivity index is 2.72. The number of amides is 1. The van der Waals surface area contributed by atoms with Crippen molar-refractivity contribution in [2.24, 2.45) is 22.7 Å². The van der Waals surface area contributed by atoms with E-state index in [0.29, 0.717) is 5.92 Å². The standard InChI is InChI=1S/C16H31N3O2/c1-3-8-13(9-4-2)16(20)18-14(15(17)19-21)12-10-6-5-7-11-12/h12-14,21H,3-11H2,1-2H3,(H2,17,19)(H,18,20). The van der Waals surface area contributed by atoms with Crippen molar-refractivity contribution in [3.63, 3.8) is 0 Å². The lowest BCUT2D eigenvalue weighted by Gasteiger charge is -2.31. The van der Waals surface area contributed by atoms with E-state index in [9.17, 15) is 4.79 Å². The molecule has 21 heavy (non-hydrogen) atoms. The molecule has 0 saturated heterocycles. The van der Waals surface area contributed by atoms with Gasteiger partial charge < -0.3 is 16.3 Å². The van der Waals surface area contributed by atoms with Crippen LogP contribution in [0.4, 0.5) is 0 Å². The maximum Gasteiger partial charge on any atom is 0.223 e. The molecule has 0 aliphatic heterocycles. The van der Waals surface area contributed by atoms with Crippen molar-refractivity contribution >= 4 is 11.7 Å². The fraction of sp³-hybridized carbons (Fsp3) is 0.875. The molecule has 1 unspecified atom stereocenters. The first-order valence-corrected chi connectivity index (χ1v) is 8.41. The Morgan fingerprint density at radius 1 is 1.24 bits per heavy atom. The Morgan fingerprint density at radius 3 is 2.29 bits per heavy atom. The van der Waals surface area contributed by atoms with Crippen molar-refractivity contribution in [3.8, 4) is 0 Å². The van der Waals surface area contributed by atoms with Gasteiger partial charge in [0, 0.05) is 5.92 Å². The van der Waals surface area contributed by atoms with E-state index >= 15 is 0 Å². The molecule has 0 radical (unpaired) electrons. The van der Waals surface area contributed by atoms with E-state index in [2.05, 4.69) is 24.3 Å². The van der Waals surface area contributed by atoms with Gasteiger partial charge in [0.15, 0.2) is 5.84 Å². The van der Waals surface area contributed by atoms with E-state index < -0.39 is 0 Å². The summed E-state index contributed by atoms with van der Waals surface area (Å²) in [5.74, 6) is 0.531. The number of hydrogen-bond donors (Lipinski definition) is 3. The number of oxime groups is 1. The molecule has 0 heterocycles. The normalized spacial score (nSPS) is 18.7. The SMILES string of the molecule is CCCC(CCC)C(=O)NC(C(N)=NO)C1CCCCC1. The predicted octanol–water partition coefficient (Wildman–Crippen LogP) is 3.01. The molecular formula is C16H31N3O2. The van der Waals surface area contributed by atoms with Crippen LogP contribution < -0.4 is 11.1 Å². The highest BCUT2D eigenvalue weighted by Crippen LogP contribution is 2.27. The fourth-order valence-electron chi connectivity index (χ4n) is 3.34. The molecule has 1 rings (SSSR count). The molecule has 0 aromatic heterocycles. The highest BCUT2D eigenvalue weighted by molar-refractivity contribution is 5.90. The molecule has 0 spiro atoms. The van der Waals surface area contributed by atoms with Gasteiger partial charge in [0.25, 0.3) is 0 Å². The van der Waals surface area contributed by atoms with E-state index in [0.717, 1.165) is 51.4 Å². The number of amidine groups is 1. The molecule has 4 N–H and O–H groups in total. The number of carbonyl (C=O) groups excluding carboxylic acids is 1. The molecule has 0 aromatic carbocycles. The van der Waals surface area contributed by atoms with Crippen LogP contribution in [-0.2, 0) is 4.79 Å². The summed E-state index contributed by atoms with van der Waals surface area (Å²) in [5, 5.41) is 15.2. The van der Waals surface area contributed by atoms with Crippen LogP contribution in [-0.4, -0.2) is 23.0 Å². The second-order valence-electron chi connectivity index (χ2n) is 6.18. The van der Waals surface area contributed by atoms with Gasteiger partial charge in [-0.25, -0.2) is 0 Å². The van der Waals surface area contributed by atoms with Crippen molar-refractivity contribution in [1.82, 2.24) is 5.32 Å². The van der Waals surface area contributed by atoms with Gasteiger partial charge in [-0.1, -0.05) is 51.1 Å². The number of hydrogen-bond acceptors (Lipinski definition) is 3. The molecule has 5 nitrogen and oxygen atoms in total. The molecule has 1 aliphatic rings. The first-order chi connectivity index (χ1) is 10.1. The quantitative estimate of drug-likeness (QED) is 0.278. The first kappa shape index (κ1) is 17.8. The van der Waals surface area contributed by atoms with Gasteiger partial charge in [-0.15, -0.1) is 0 Å². The summed E-state index contributed by atoms with van der Waals surface area (Å²) in [6.45, 7) is 4.19. The third-order valence-corrected chi connectivity index (χ3v) is 4.50. The maximum atomic E-state index is 12.5. The minimum atomic E-state index is -0.320. The maximum absolute atomic E-state index is 12.5. The predicted molar refractivity (Wildman–Crippen MR) is 85.2 cm³/mol. The van der Waals surface area contributed by atoms with E-state index in [4.69, 9.17) is 10.9 Å². The lowest BCUT2D eigenvalue weighted by Crippen LogP contribution is -2.51. The van der Waals surface area contributed by atoms with E-state index in [-0.39, 0.29) is 23.7 Å². The second kappa shape index (κ2) is 9.64. The van der Waals surface area contributed by atoms with Crippen LogP contribution in [0.3, 0.4) is 0 Å². The Labute approximate surface area is 128 Å². The van der Waals surface area contributed by atoms with Crippen molar-refractivity contribution in [3.05, 3.63) is 0 Å². The zero-order valence-electron chi connectivity index (χ0n) is 13.5. The van der Waals surface area contributed by atoms with Crippen molar-refractivity contribution in [2.45, 2.75) is 77.7 Å². The van der Waals surface area contributed by atoms with Crippen LogP contribution >= 0.6 is 0 Å². The number of nitrogens with two attached hydrogens (primary N) is 1. The number of carbonyl (C=O) groups is 1. The zero-order chi connectivity index (χ0) is 15.7. The summed E-state index contributed by atoms with van der Waals surface area (Å²) in [5.41, 5.74) is 5.83. The molecule has 0 aromatic rings. The summed E-state index contributed by atoms with van der Waals surface area (Å²) in [6, 6.07) is -0.320. The number of rotatable bonds is 8. The summed E-state index contributed by atoms with van der Waals surface area (Å²) in [6.07, 6.45) is 9.40. The van der Waals surface area contributed by atoms with Crippen LogP contribution in [0.25, 0.3) is 0 Å². The zero-order valence-corrected chi connectivity index (χ0v) is 13.5. The summed E-state index contributed by atoms with van der Waals surface area (Å²) >= 11 is 0. The topological polar surface area (TPSA) is 87.7 Å². The van der Waals surface area contributed by atoms with Crippen LogP contribution in [0.5, 0.6) is 0 Å². The van der Waals surface area contributed by atoms with Gasteiger partial charge in [0.2, 0.25) is 5.91 Å². The first-order valence-electron chi connectivity index (χ1n) is 8.41. The minimum Gasteiger partial charge on any atom is -0.409 e.